The molecule has 172 valence electrons. The van der Waals surface area contributed by atoms with Gasteiger partial charge in [-0.05, 0) is 37.3 Å². The molecule has 0 bridgehead atoms. The zero-order chi connectivity index (χ0) is 22.9. The molecule has 0 spiro atoms. The molecule has 2 aromatic heterocycles. The fraction of sp³-hybridized carbons (Fsp3) is 0.500. The first-order valence-electron chi connectivity index (χ1n) is 10.3. The Bertz CT molecular complexity index is 1010. The fourth-order valence-corrected chi connectivity index (χ4v) is 3.45. The smallest absolute Gasteiger partial charge is 0.337 e. The van der Waals surface area contributed by atoms with Crippen molar-refractivity contribution in [1.82, 2.24) is 25.3 Å². The van der Waals surface area contributed by atoms with E-state index >= 15 is 0 Å². The Morgan fingerprint density at radius 3 is 2.47 bits per heavy atom. The average molecular weight is 452 g/mol. The summed E-state index contributed by atoms with van der Waals surface area (Å²) in [6.07, 6.45) is 1.52. The van der Waals surface area contributed by atoms with Crippen molar-refractivity contribution in [1.29, 1.82) is 0 Å². The first-order valence-corrected chi connectivity index (χ1v) is 10.3. The third kappa shape index (κ3) is 5.01. The summed E-state index contributed by atoms with van der Waals surface area (Å²) < 4.78 is 38.7. The molecule has 9 nitrogen and oxygen atoms in total. The normalized spacial score (nSPS) is 17.9. The number of hydroxylamine groups is 1. The first-order chi connectivity index (χ1) is 15.2. The van der Waals surface area contributed by atoms with E-state index < -0.39 is 29.4 Å². The molecule has 3 heterocycles. The molecule has 0 aromatic carbocycles. The Morgan fingerprint density at radius 2 is 1.88 bits per heavy atom. The number of hydrogen-bond donors (Lipinski definition) is 2. The lowest BCUT2D eigenvalue weighted by molar-refractivity contribution is -0.138. The number of amides is 2. The lowest BCUT2D eigenvalue weighted by Crippen LogP contribution is -2.52. The molecule has 0 radical (unpaired) electrons. The molecule has 2 fully saturated rings. The second-order valence-corrected chi connectivity index (χ2v) is 7.91. The first kappa shape index (κ1) is 22.1. The van der Waals surface area contributed by atoms with E-state index in [0.29, 0.717) is 44.1 Å². The molecule has 2 amide bonds. The lowest BCUT2D eigenvalue weighted by atomic mass is 10.1. The summed E-state index contributed by atoms with van der Waals surface area (Å²) in [6, 6.07) is 0.213. The summed E-state index contributed by atoms with van der Waals surface area (Å²) >= 11 is 0. The number of halogens is 3. The highest BCUT2D eigenvalue weighted by Crippen LogP contribution is 2.39. The van der Waals surface area contributed by atoms with Crippen LogP contribution in [0.2, 0.25) is 0 Å². The summed E-state index contributed by atoms with van der Waals surface area (Å²) in [6.45, 7) is 3.37. The Hall–Kier alpha value is -3.15. The molecule has 2 aliphatic rings. The summed E-state index contributed by atoms with van der Waals surface area (Å²) in [5.74, 6) is 1.21. The predicted octanol–water partition coefficient (Wildman–Crippen LogP) is 2.59. The van der Waals surface area contributed by atoms with E-state index in [0.717, 1.165) is 11.8 Å². The lowest BCUT2D eigenvalue weighted by Gasteiger charge is -2.34. The van der Waals surface area contributed by atoms with Crippen LogP contribution in [0, 0.1) is 0 Å². The summed E-state index contributed by atoms with van der Waals surface area (Å²) in [5.41, 5.74) is 0.948. The van der Waals surface area contributed by atoms with Crippen LogP contribution in [0.15, 0.2) is 29.5 Å². The number of pyridine rings is 1. The molecular formula is C20H23F3N6O3. The number of nitrogens with zero attached hydrogens (tertiary/aromatic N) is 4. The number of anilines is 1. The number of alkyl halides is 3. The molecule has 32 heavy (non-hydrogen) atoms. The van der Waals surface area contributed by atoms with E-state index in [-0.39, 0.29) is 5.56 Å². The summed E-state index contributed by atoms with van der Waals surface area (Å²) in [4.78, 5) is 43.4. The minimum Gasteiger partial charge on any atom is -0.337 e. The molecule has 1 saturated carbocycles. The van der Waals surface area contributed by atoms with Crippen molar-refractivity contribution >= 4 is 12.0 Å². The van der Waals surface area contributed by atoms with Gasteiger partial charge in [-0.15, -0.1) is 0 Å². The maximum atomic E-state index is 12.9. The van der Waals surface area contributed by atoms with Crippen LogP contribution in [0.3, 0.4) is 0 Å². The van der Waals surface area contributed by atoms with Crippen molar-refractivity contribution in [3.8, 4) is 0 Å². The molecule has 1 aliphatic heterocycles. The Labute approximate surface area is 181 Å². The van der Waals surface area contributed by atoms with Gasteiger partial charge in [-0.1, -0.05) is 0 Å². The monoisotopic (exact) mass is 452 g/mol. The van der Waals surface area contributed by atoms with Crippen molar-refractivity contribution in [3.05, 3.63) is 51.7 Å². The number of urea groups is 1. The second kappa shape index (κ2) is 8.77. The van der Waals surface area contributed by atoms with Crippen LogP contribution in [0.1, 0.15) is 48.5 Å². The zero-order valence-corrected chi connectivity index (χ0v) is 17.4. The molecular weight excluding hydrogens is 429 g/mol. The number of carbonyl (C=O) groups excluding carboxylic acids is 1. The minimum atomic E-state index is -4.78. The third-order valence-corrected chi connectivity index (χ3v) is 5.58. The molecule has 1 aliphatic carbocycles. The number of aromatic nitrogens is 3. The quantitative estimate of drug-likeness (QED) is 0.676. The molecule has 1 saturated heterocycles. The Balaban J connectivity index is 1.27. The number of rotatable bonds is 5. The largest absolute Gasteiger partial charge is 0.421 e. The van der Waals surface area contributed by atoms with Crippen LogP contribution in [-0.4, -0.2) is 52.1 Å². The molecule has 4 rings (SSSR count). The van der Waals surface area contributed by atoms with Gasteiger partial charge in [0.2, 0.25) is 5.95 Å². The SMILES string of the molecule is C[C@@H](ONC(=O)N1CCN(c2ncc(C3CC3)cn2)CC1)c1c[nH]c(=O)c(C(F)(F)F)c1. The van der Waals surface area contributed by atoms with Gasteiger partial charge < -0.3 is 14.8 Å². The number of H-pyrrole nitrogens is 1. The number of piperazine rings is 1. The van der Waals surface area contributed by atoms with Gasteiger partial charge in [-0.3, -0.25) is 9.63 Å². The fourth-order valence-electron chi connectivity index (χ4n) is 3.45. The molecule has 2 aromatic rings. The van der Waals surface area contributed by atoms with Crippen molar-refractivity contribution in [3.63, 3.8) is 0 Å². The molecule has 2 N–H and O–H groups in total. The topological polar surface area (TPSA) is 103 Å². The van der Waals surface area contributed by atoms with Gasteiger partial charge in [-0.25, -0.2) is 20.2 Å². The number of carbonyl (C=O) groups is 1. The van der Waals surface area contributed by atoms with Gasteiger partial charge in [0.25, 0.3) is 5.56 Å². The van der Waals surface area contributed by atoms with Crippen LogP contribution in [0.4, 0.5) is 23.9 Å². The van der Waals surface area contributed by atoms with E-state index in [4.69, 9.17) is 4.84 Å². The second-order valence-electron chi connectivity index (χ2n) is 7.91. The van der Waals surface area contributed by atoms with Crippen molar-refractivity contribution < 1.29 is 22.8 Å². The molecule has 0 unspecified atom stereocenters. The van der Waals surface area contributed by atoms with Crippen LogP contribution in [0.25, 0.3) is 0 Å². The standard InChI is InChI=1S/C20H23F3N6O3/c1-12(14-8-16(20(21,22)23)17(30)24-9-14)32-27-19(31)29-6-4-28(5-7-29)18-25-10-15(11-26-18)13-2-3-13/h8-13H,2-7H2,1H3,(H,24,30)(H,27,31)/t12-/m1/s1. The average Bonchev–Trinajstić information content (AvgIpc) is 3.62. The number of hydrogen-bond acceptors (Lipinski definition) is 6. The van der Waals surface area contributed by atoms with Gasteiger partial charge in [0.15, 0.2) is 0 Å². The van der Waals surface area contributed by atoms with E-state index in [9.17, 15) is 22.8 Å². The third-order valence-electron chi connectivity index (χ3n) is 5.58. The maximum Gasteiger partial charge on any atom is 0.421 e. The van der Waals surface area contributed by atoms with Crippen LogP contribution in [-0.2, 0) is 11.0 Å². The number of nitrogens with one attached hydrogen (secondary N) is 2. The van der Waals surface area contributed by atoms with E-state index in [1.54, 1.807) is 0 Å². The van der Waals surface area contributed by atoms with E-state index in [1.807, 2.05) is 22.3 Å². The minimum absolute atomic E-state index is 0.0776. The summed E-state index contributed by atoms with van der Waals surface area (Å²) in [5, 5.41) is 0. The van der Waals surface area contributed by atoms with Crippen molar-refractivity contribution in [2.75, 3.05) is 31.1 Å². The highest BCUT2D eigenvalue weighted by Gasteiger charge is 2.34. The van der Waals surface area contributed by atoms with Crippen LogP contribution < -0.4 is 15.9 Å². The van der Waals surface area contributed by atoms with Crippen LogP contribution >= 0.6 is 0 Å². The summed E-state index contributed by atoms with van der Waals surface area (Å²) in [7, 11) is 0. The van der Waals surface area contributed by atoms with Gasteiger partial charge in [-0.2, -0.15) is 13.2 Å². The highest BCUT2D eigenvalue weighted by molar-refractivity contribution is 5.73. The highest BCUT2D eigenvalue weighted by atomic mass is 19.4. The predicted molar refractivity (Wildman–Crippen MR) is 108 cm³/mol. The molecule has 12 heteroatoms. The van der Waals surface area contributed by atoms with Crippen molar-refractivity contribution in [2.45, 2.75) is 38.0 Å². The molecule has 1 atom stereocenters. The van der Waals surface area contributed by atoms with Gasteiger partial charge in [0.05, 0.1) is 0 Å². The Morgan fingerprint density at radius 1 is 1.22 bits per heavy atom. The maximum absolute atomic E-state index is 12.9. The van der Waals surface area contributed by atoms with Gasteiger partial charge >= 0.3 is 12.2 Å². The zero-order valence-electron chi connectivity index (χ0n) is 17.4. The van der Waals surface area contributed by atoms with E-state index in [2.05, 4.69) is 15.4 Å². The van der Waals surface area contributed by atoms with Gasteiger partial charge in [0, 0.05) is 50.3 Å². The van der Waals surface area contributed by atoms with Crippen molar-refractivity contribution in [2.24, 2.45) is 0 Å². The number of aromatic amines is 1. The Kier molecular flexibility index (Phi) is 6.04. The van der Waals surface area contributed by atoms with E-state index in [1.165, 1.54) is 24.7 Å². The van der Waals surface area contributed by atoms with Gasteiger partial charge in [0.1, 0.15) is 11.7 Å². The van der Waals surface area contributed by atoms with Crippen LogP contribution in [0.5, 0.6) is 0 Å².